The molecule has 98 valence electrons. The Morgan fingerprint density at radius 2 is 2.00 bits per heavy atom. The van der Waals surface area contributed by atoms with E-state index < -0.39 is 0 Å². The van der Waals surface area contributed by atoms with Crippen LogP contribution in [-0.4, -0.2) is 54.4 Å². The lowest BCUT2D eigenvalue weighted by Crippen LogP contribution is -2.51. The van der Waals surface area contributed by atoms with Crippen LogP contribution < -0.4 is 10.6 Å². The Morgan fingerprint density at radius 3 is 2.56 bits per heavy atom. The Bertz CT molecular complexity index is 379. The van der Waals surface area contributed by atoms with Gasteiger partial charge in [0.05, 0.1) is 11.7 Å². The van der Waals surface area contributed by atoms with E-state index in [0.29, 0.717) is 12.0 Å². The zero-order valence-corrected chi connectivity index (χ0v) is 10.9. The highest BCUT2D eigenvalue weighted by molar-refractivity contribution is 5.35. The second-order valence-electron chi connectivity index (χ2n) is 5.42. The minimum atomic E-state index is 0.522. The Hall–Kier alpha value is -1.20. The van der Waals surface area contributed by atoms with E-state index in [1.54, 1.807) is 0 Å². The number of hydrogen-bond donors (Lipinski definition) is 2. The van der Waals surface area contributed by atoms with Crippen LogP contribution in [-0.2, 0) is 0 Å². The summed E-state index contributed by atoms with van der Waals surface area (Å²) in [5, 5.41) is 15.3. The molecule has 0 spiro atoms. The van der Waals surface area contributed by atoms with Gasteiger partial charge in [-0.25, -0.2) is 0 Å². The molecule has 2 N–H and O–H groups in total. The number of hydrogen-bond acceptors (Lipinski definition) is 5. The van der Waals surface area contributed by atoms with Crippen molar-refractivity contribution >= 4 is 5.82 Å². The van der Waals surface area contributed by atoms with Crippen LogP contribution >= 0.6 is 0 Å². The summed E-state index contributed by atoms with van der Waals surface area (Å²) in [5.74, 6) is 1.49. The van der Waals surface area contributed by atoms with Crippen molar-refractivity contribution in [1.82, 2.24) is 20.4 Å². The lowest BCUT2D eigenvalue weighted by atomic mass is 9.94. The molecule has 5 nitrogen and oxygen atoms in total. The highest BCUT2D eigenvalue weighted by Gasteiger charge is 2.20. The lowest BCUT2D eigenvalue weighted by molar-refractivity contribution is 0.253. The van der Waals surface area contributed by atoms with E-state index >= 15 is 0 Å². The van der Waals surface area contributed by atoms with Crippen molar-refractivity contribution < 1.29 is 0 Å². The number of rotatable bonds is 3. The molecule has 0 unspecified atom stereocenters. The van der Waals surface area contributed by atoms with E-state index in [9.17, 15) is 0 Å². The van der Waals surface area contributed by atoms with Gasteiger partial charge in [0, 0.05) is 19.0 Å². The SMILES string of the molecule is CN1CCC(c2ccc(NC3CNC3)nn2)CC1. The van der Waals surface area contributed by atoms with Gasteiger partial charge in [-0.3, -0.25) is 0 Å². The summed E-state index contributed by atoms with van der Waals surface area (Å²) >= 11 is 0. The summed E-state index contributed by atoms with van der Waals surface area (Å²) < 4.78 is 0. The molecule has 0 amide bonds. The third-order valence-electron chi connectivity index (χ3n) is 3.96. The van der Waals surface area contributed by atoms with Crippen LogP contribution in [0.2, 0.25) is 0 Å². The first-order valence-corrected chi connectivity index (χ1v) is 6.81. The fraction of sp³-hybridized carbons (Fsp3) is 0.692. The highest BCUT2D eigenvalue weighted by Crippen LogP contribution is 2.25. The summed E-state index contributed by atoms with van der Waals surface area (Å²) in [5.41, 5.74) is 1.15. The van der Waals surface area contributed by atoms with Crippen LogP contribution in [0.1, 0.15) is 24.5 Å². The van der Waals surface area contributed by atoms with Crippen molar-refractivity contribution in [3.8, 4) is 0 Å². The van der Waals surface area contributed by atoms with Gasteiger partial charge in [-0.1, -0.05) is 0 Å². The smallest absolute Gasteiger partial charge is 0.148 e. The summed E-state index contributed by atoms with van der Waals surface area (Å²) in [6.45, 7) is 4.39. The number of nitrogens with zero attached hydrogens (tertiary/aromatic N) is 3. The quantitative estimate of drug-likeness (QED) is 0.822. The van der Waals surface area contributed by atoms with Crippen LogP contribution in [0.15, 0.2) is 12.1 Å². The van der Waals surface area contributed by atoms with E-state index in [4.69, 9.17) is 0 Å². The second-order valence-corrected chi connectivity index (χ2v) is 5.42. The van der Waals surface area contributed by atoms with Crippen molar-refractivity contribution in [2.45, 2.75) is 24.8 Å². The van der Waals surface area contributed by atoms with Crippen molar-refractivity contribution in [3.63, 3.8) is 0 Å². The highest BCUT2D eigenvalue weighted by atomic mass is 15.2. The standard InChI is InChI=1S/C13H21N5/c1-18-6-4-10(5-7-18)12-2-3-13(17-16-12)15-11-8-14-9-11/h2-3,10-11,14H,4-9H2,1H3,(H,15,17). The zero-order valence-electron chi connectivity index (χ0n) is 10.9. The molecule has 1 aromatic heterocycles. The monoisotopic (exact) mass is 247 g/mol. The molecule has 0 aliphatic carbocycles. The Labute approximate surface area is 108 Å². The molecule has 3 rings (SSSR count). The maximum Gasteiger partial charge on any atom is 0.148 e. The fourth-order valence-corrected chi connectivity index (χ4v) is 2.54. The number of anilines is 1. The normalized spacial score (nSPS) is 22.7. The molecule has 0 bridgehead atoms. The Kier molecular flexibility index (Phi) is 3.43. The summed E-state index contributed by atoms with van der Waals surface area (Å²) in [6.07, 6.45) is 2.40. The molecule has 0 atom stereocenters. The minimum Gasteiger partial charge on any atom is -0.363 e. The molecule has 1 aromatic rings. The average Bonchev–Trinajstić information content (AvgIpc) is 2.36. The first-order valence-electron chi connectivity index (χ1n) is 6.81. The average molecular weight is 247 g/mol. The van der Waals surface area contributed by atoms with Crippen LogP contribution in [0.25, 0.3) is 0 Å². The van der Waals surface area contributed by atoms with Crippen molar-refractivity contribution in [2.75, 3.05) is 38.5 Å². The van der Waals surface area contributed by atoms with Gasteiger partial charge < -0.3 is 15.5 Å². The van der Waals surface area contributed by atoms with Gasteiger partial charge >= 0.3 is 0 Å². The van der Waals surface area contributed by atoms with Gasteiger partial charge in [0.2, 0.25) is 0 Å². The molecule has 0 radical (unpaired) electrons. The Morgan fingerprint density at radius 1 is 1.22 bits per heavy atom. The molecule has 18 heavy (non-hydrogen) atoms. The number of piperidine rings is 1. The van der Waals surface area contributed by atoms with E-state index in [0.717, 1.165) is 24.6 Å². The fourth-order valence-electron chi connectivity index (χ4n) is 2.54. The van der Waals surface area contributed by atoms with Gasteiger partial charge in [-0.05, 0) is 45.1 Å². The summed E-state index contributed by atoms with van der Waals surface area (Å²) in [6, 6.07) is 4.73. The summed E-state index contributed by atoms with van der Waals surface area (Å²) in [7, 11) is 2.18. The molecular weight excluding hydrogens is 226 g/mol. The van der Waals surface area contributed by atoms with E-state index in [1.165, 1.54) is 25.9 Å². The molecule has 2 fully saturated rings. The predicted molar refractivity (Wildman–Crippen MR) is 71.8 cm³/mol. The molecular formula is C13H21N5. The number of likely N-dealkylation sites (tertiary alicyclic amines) is 1. The molecule has 3 heterocycles. The molecule has 0 aromatic carbocycles. The third kappa shape index (κ3) is 2.62. The van der Waals surface area contributed by atoms with Crippen molar-refractivity contribution in [2.24, 2.45) is 0 Å². The number of aromatic nitrogens is 2. The van der Waals surface area contributed by atoms with Gasteiger partial charge in [0.25, 0.3) is 0 Å². The van der Waals surface area contributed by atoms with E-state index in [1.807, 2.05) is 0 Å². The van der Waals surface area contributed by atoms with Crippen molar-refractivity contribution in [1.29, 1.82) is 0 Å². The van der Waals surface area contributed by atoms with Gasteiger partial charge in [-0.2, -0.15) is 5.10 Å². The van der Waals surface area contributed by atoms with E-state index in [-0.39, 0.29) is 0 Å². The van der Waals surface area contributed by atoms with Gasteiger partial charge in [-0.15, -0.1) is 5.10 Å². The van der Waals surface area contributed by atoms with Crippen LogP contribution in [0, 0.1) is 0 Å². The molecule has 5 heteroatoms. The molecule has 2 aliphatic rings. The van der Waals surface area contributed by atoms with E-state index in [2.05, 4.69) is 44.9 Å². The minimum absolute atomic E-state index is 0.522. The predicted octanol–water partition coefficient (Wildman–Crippen LogP) is 0.669. The third-order valence-corrected chi connectivity index (χ3v) is 3.96. The molecule has 2 saturated heterocycles. The van der Waals surface area contributed by atoms with Crippen molar-refractivity contribution in [3.05, 3.63) is 17.8 Å². The van der Waals surface area contributed by atoms with Crippen LogP contribution in [0.5, 0.6) is 0 Å². The first-order chi connectivity index (χ1) is 8.81. The van der Waals surface area contributed by atoms with Crippen LogP contribution in [0.4, 0.5) is 5.82 Å². The number of nitrogens with one attached hydrogen (secondary N) is 2. The molecule has 2 aliphatic heterocycles. The second kappa shape index (κ2) is 5.20. The first kappa shape index (κ1) is 11.9. The summed E-state index contributed by atoms with van der Waals surface area (Å²) in [4.78, 5) is 2.38. The molecule has 0 saturated carbocycles. The lowest BCUT2D eigenvalue weighted by Gasteiger charge is -2.29. The maximum atomic E-state index is 4.39. The van der Waals surface area contributed by atoms with Crippen LogP contribution in [0.3, 0.4) is 0 Å². The zero-order chi connectivity index (χ0) is 12.4. The maximum absolute atomic E-state index is 4.39. The topological polar surface area (TPSA) is 53.1 Å². The largest absolute Gasteiger partial charge is 0.363 e. The van der Waals surface area contributed by atoms with Gasteiger partial charge in [0.1, 0.15) is 5.82 Å². The Balaban J connectivity index is 1.59. The van der Waals surface area contributed by atoms with Gasteiger partial charge in [0.15, 0.2) is 0 Å².